The van der Waals surface area contributed by atoms with Crippen LogP contribution in [0.25, 0.3) is 0 Å². The Bertz CT molecular complexity index is 457. The van der Waals surface area contributed by atoms with Crippen LogP contribution in [0.2, 0.25) is 0 Å². The van der Waals surface area contributed by atoms with Crippen LogP contribution >= 0.6 is 0 Å². The molecule has 0 saturated heterocycles. The van der Waals surface area contributed by atoms with Crippen molar-refractivity contribution in [1.29, 1.82) is 5.26 Å². The average molecular weight is 228 g/mol. The maximum Gasteiger partial charge on any atom is 0.225 e. The van der Waals surface area contributed by atoms with Crippen LogP contribution in [-0.2, 0) is 23.5 Å². The van der Waals surface area contributed by atoms with Gasteiger partial charge in [-0.05, 0) is 0 Å². The number of nitrogens with one attached hydrogen (secondary N) is 1. The molecule has 0 amide bonds. The van der Waals surface area contributed by atoms with Gasteiger partial charge in [0.25, 0.3) is 0 Å². The number of hydrogen-bond acceptors (Lipinski definition) is 4. The molecule has 0 unspecified atom stereocenters. The molecule has 1 rings (SSSR count). The second-order valence-corrected chi connectivity index (χ2v) is 4.82. The molecule has 6 nitrogen and oxygen atoms in total. The molecular weight excluding hydrogens is 216 g/mol. The lowest BCUT2D eigenvalue weighted by molar-refractivity contribution is 0.583. The second-order valence-electron chi connectivity index (χ2n) is 3.02. The van der Waals surface area contributed by atoms with Crippen molar-refractivity contribution in [2.75, 3.05) is 12.3 Å². The Morgan fingerprint density at radius 2 is 2.40 bits per heavy atom. The van der Waals surface area contributed by atoms with E-state index in [-0.39, 0.29) is 6.54 Å². The number of sulfonamides is 1. The molecule has 15 heavy (non-hydrogen) atoms. The lowest BCUT2D eigenvalue weighted by atomic mass is 10.4. The predicted octanol–water partition coefficient (Wildman–Crippen LogP) is -0.594. The fraction of sp³-hybridized carbons (Fsp3) is 0.500. The lowest BCUT2D eigenvalue weighted by Crippen LogP contribution is -2.28. The van der Waals surface area contributed by atoms with Crippen LogP contribution in [-0.4, -0.2) is 30.3 Å². The molecule has 0 atom stereocenters. The van der Waals surface area contributed by atoms with Gasteiger partial charge < -0.3 is 4.57 Å². The first kappa shape index (κ1) is 11.7. The standard InChI is InChI=1S/C8H12N4O2S/c1-12-6-5-10-8(12)2-4-11-15(13,14)7-3-9/h5-6,11H,2,4,7H2,1H3. The Balaban J connectivity index is 2.41. The summed E-state index contributed by atoms with van der Waals surface area (Å²) in [4.78, 5) is 4.04. The van der Waals surface area contributed by atoms with Gasteiger partial charge in [-0.25, -0.2) is 18.1 Å². The topological polar surface area (TPSA) is 87.8 Å². The Kier molecular flexibility index (Phi) is 3.82. The molecule has 0 aliphatic carbocycles. The van der Waals surface area contributed by atoms with Gasteiger partial charge in [-0.15, -0.1) is 0 Å². The van der Waals surface area contributed by atoms with E-state index in [1.165, 1.54) is 0 Å². The number of nitriles is 1. The molecule has 82 valence electrons. The molecule has 1 aromatic rings. The quantitative estimate of drug-likeness (QED) is 0.729. The zero-order valence-corrected chi connectivity index (χ0v) is 9.16. The zero-order chi connectivity index (χ0) is 11.3. The fourth-order valence-electron chi connectivity index (χ4n) is 1.09. The van der Waals surface area contributed by atoms with Crippen molar-refractivity contribution in [1.82, 2.24) is 14.3 Å². The third-order valence-corrected chi connectivity index (χ3v) is 3.00. The Hall–Kier alpha value is -1.39. The predicted molar refractivity (Wildman–Crippen MR) is 54.3 cm³/mol. The fourth-order valence-corrected chi connectivity index (χ4v) is 1.78. The van der Waals surface area contributed by atoms with Crippen LogP contribution in [0.4, 0.5) is 0 Å². The van der Waals surface area contributed by atoms with Crippen molar-refractivity contribution in [3.05, 3.63) is 18.2 Å². The summed E-state index contributed by atoms with van der Waals surface area (Å²) in [5.74, 6) is 0.294. The van der Waals surface area contributed by atoms with Crippen molar-refractivity contribution in [3.63, 3.8) is 0 Å². The highest BCUT2D eigenvalue weighted by Gasteiger charge is 2.08. The van der Waals surface area contributed by atoms with Gasteiger partial charge in [-0.2, -0.15) is 5.26 Å². The number of imidazole rings is 1. The first-order valence-electron chi connectivity index (χ1n) is 4.35. The Labute approximate surface area is 88.6 Å². The van der Waals surface area contributed by atoms with Crippen LogP contribution in [0.1, 0.15) is 5.82 Å². The lowest BCUT2D eigenvalue weighted by Gasteiger charge is -2.03. The van der Waals surface area contributed by atoms with Gasteiger partial charge in [-0.1, -0.05) is 0 Å². The summed E-state index contributed by atoms with van der Waals surface area (Å²) in [6.45, 7) is 0.259. The van der Waals surface area contributed by atoms with Gasteiger partial charge in [-0.3, -0.25) is 0 Å². The summed E-state index contributed by atoms with van der Waals surface area (Å²) in [7, 11) is -1.61. The molecule has 0 bridgehead atoms. The van der Waals surface area contributed by atoms with Crippen molar-refractivity contribution in [3.8, 4) is 6.07 Å². The molecule has 0 fully saturated rings. The average Bonchev–Trinajstić information content (AvgIpc) is 2.51. The van der Waals surface area contributed by atoms with E-state index in [4.69, 9.17) is 5.26 Å². The van der Waals surface area contributed by atoms with Crippen LogP contribution in [0, 0.1) is 11.3 Å². The molecule has 1 heterocycles. The smallest absolute Gasteiger partial charge is 0.225 e. The van der Waals surface area contributed by atoms with E-state index in [9.17, 15) is 8.42 Å². The van der Waals surface area contributed by atoms with Crippen LogP contribution in [0.15, 0.2) is 12.4 Å². The van der Waals surface area contributed by atoms with Gasteiger partial charge in [0.1, 0.15) is 5.82 Å². The molecule has 0 saturated carbocycles. The van der Waals surface area contributed by atoms with E-state index in [0.717, 1.165) is 5.82 Å². The van der Waals surface area contributed by atoms with E-state index in [2.05, 4.69) is 9.71 Å². The summed E-state index contributed by atoms with van der Waals surface area (Å²) in [6, 6.07) is 1.59. The molecule has 1 aromatic heterocycles. The second kappa shape index (κ2) is 4.91. The third kappa shape index (κ3) is 3.69. The van der Waals surface area contributed by atoms with Crippen LogP contribution in [0.5, 0.6) is 0 Å². The number of hydrogen-bond donors (Lipinski definition) is 1. The minimum Gasteiger partial charge on any atom is -0.338 e. The van der Waals surface area contributed by atoms with Crippen LogP contribution in [0.3, 0.4) is 0 Å². The van der Waals surface area contributed by atoms with Gasteiger partial charge in [0.15, 0.2) is 5.75 Å². The van der Waals surface area contributed by atoms with E-state index in [0.29, 0.717) is 6.42 Å². The maximum atomic E-state index is 11.1. The number of aryl methyl sites for hydroxylation is 1. The molecule has 1 N–H and O–H groups in total. The minimum absolute atomic E-state index is 0.259. The number of aromatic nitrogens is 2. The Morgan fingerprint density at radius 1 is 1.67 bits per heavy atom. The molecule has 0 spiro atoms. The van der Waals surface area contributed by atoms with Gasteiger partial charge in [0.2, 0.25) is 10.0 Å². The molecular formula is C8H12N4O2S. The van der Waals surface area contributed by atoms with Crippen molar-refractivity contribution in [2.45, 2.75) is 6.42 Å². The van der Waals surface area contributed by atoms with E-state index in [1.54, 1.807) is 18.5 Å². The largest absolute Gasteiger partial charge is 0.338 e. The Morgan fingerprint density at radius 3 is 2.93 bits per heavy atom. The maximum absolute atomic E-state index is 11.1. The highest BCUT2D eigenvalue weighted by atomic mass is 32.2. The van der Waals surface area contributed by atoms with E-state index in [1.807, 2.05) is 11.6 Å². The summed E-state index contributed by atoms with van der Waals surface area (Å²) < 4.78 is 26.3. The molecule has 0 aliphatic heterocycles. The zero-order valence-electron chi connectivity index (χ0n) is 8.34. The van der Waals surface area contributed by atoms with E-state index >= 15 is 0 Å². The summed E-state index contributed by atoms with van der Waals surface area (Å²) in [5.41, 5.74) is 0. The van der Waals surface area contributed by atoms with Crippen molar-refractivity contribution < 1.29 is 8.42 Å². The first-order chi connectivity index (χ1) is 7.05. The highest BCUT2D eigenvalue weighted by Crippen LogP contribution is 1.94. The summed E-state index contributed by atoms with van der Waals surface area (Å²) in [5, 5.41) is 8.24. The minimum atomic E-state index is -3.45. The van der Waals surface area contributed by atoms with Crippen molar-refractivity contribution in [2.24, 2.45) is 7.05 Å². The SMILES string of the molecule is Cn1ccnc1CCNS(=O)(=O)CC#N. The molecule has 0 aromatic carbocycles. The molecule has 0 radical (unpaired) electrons. The summed E-state index contributed by atoms with van der Waals surface area (Å²) >= 11 is 0. The van der Waals surface area contributed by atoms with Crippen LogP contribution < -0.4 is 4.72 Å². The number of nitrogens with zero attached hydrogens (tertiary/aromatic N) is 3. The molecule has 0 aliphatic rings. The third-order valence-electron chi connectivity index (χ3n) is 1.85. The summed E-state index contributed by atoms with van der Waals surface area (Å²) in [6.07, 6.45) is 3.95. The highest BCUT2D eigenvalue weighted by molar-refractivity contribution is 7.89. The van der Waals surface area contributed by atoms with Gasteiger partial charge in [0.05, 0.1) is 6.07 Å². The van der Waals surface area contributed by atoms with Crippen molar-refractivity contribution >= 4 is 10.0 Å². The first-order valence-corrected chi connectivity index (χ1v) is 6.01. The monoisotopic (exact) mass is 228 g/mol. The number of rotatable bonds is 5. The van der Waals surface area contributed by atoms with E-state index < -0.39 is 15.8 Å². The van der Waals surface area contributed by atoms with Gasteiger partial charge >= 0.3 is 0 Å². The normalized spacial score (nSPS) is 11.2. The molecule has 7 heteroatoms. The van der Waals surface area contributed by atoms with Gasteiger partial charge in [0, 0.05) is 32.4 Å².